The maximum absolute atomic E-state index is 12.4. The number of amides is 2. The lowest BCUT2D eigenvalue weighted by Crippen LogP contribution is -2.32. The normalized spacial score (nSPS) is 22.6. The molecule has 6 heteroatoms. The lowest BCUT2D eigenvalue weighted by atomic mass is 9.89. The highest BCUT2D eigenvalue weighted by atomic mass is 16.7. The third-order valence-electron chi connectivity index (χ3n) is 4.06. The number of rotatable bonds is 1. The van der Waals surface area contributed by atoms with Crippen molar-refractivity contribution in [1.82, 2.24) is 5.32 Å². The summed E-state index contributed by atoms with van der Waals surface area (Å²) in [4.78, 5) is 28.1. The van der Waals surface area contributed by atoms with Gasteiger partial charge < -0.3 is 14.8 Å². The number of fused-ring (bicyclic) bond motifs is 2. The first-order chi connectivity index (χ1) is 11.6. The fourth-order valence-corrected chi connectivity index (χ4v) is 2.86. The molecule has 1 atom stereocenters. The number of aliphatic imine (C=N–C) groups is 1. The minimum Gasteiger partial charge on any atom is -0.454 e. The van der Waals surface area contributed by atoms with Crippen molar-refractivity contribution in [2.75, 3.05) is 6.79 Å². The van der Waals surface area contributed by atoms with Crippen LogP contribution in [0.3, 0.4) is 0 Å². The number of carbonyl (C=O) groups excluding carboxylic acids is 2. The molecule has 0 bridgehead atoms. The van der Waals surface area contributed by atoms with Crippen molar-refractivity contribution in [2.24, 2.45) is 10.9 Å². The smallest absolute Gasteiger partial charge is 0.277 e. The summed E-state index contributed by atoms with van der Waals surface area (Å²) >= 11 is 0. The molecular weight excluding hydrogens is 308 g/mol. The van der Waals surface area contributed by atoms with Crippen LogP contribution in [0.5, 0.6) is 11.5 Å². The second kappa shape index (κ2) is 5.49. The minimum absolute atomic E-state index is 0.0299. The largest absolute Gasteiger partial charge is 0.454 e. The number of nitrogens with one attached hydrogen (secondary N) is 1. The van der Waals surface area contributed by atoms with Crippen LogP contribution in [-0.4, -0.2) is 24.3 Å². The van der Waals surface area contributed by atoms with E-state index < -0.39 is 0 Å². The number of hydrogen-bond acceptors (Lipinski definition) is 4. The Morgan fingerprint density at radius 2 is 2.08 bits per heavy atom. The molecule has 1 N–H and O–H groups in total. The van der Waals surface area contributed by atoms with Crippen LogP contribution in [0.25, 0.3) is 0 Å². The van der Waals surface area contributed by atoms with Crippen LogP contribution in [0.2, 0.25) is 0 Å². The standard InChI is InChI=1S/C18H14N2O4/c1-10-6-17(21)20-14-8-12(3-4-13(10)14)19-18(22)11-2-5-15-16(7-11)24-9-23-15/h2-8,13H,9H2,1H3,(H,20,21). The number of carbonyl (C=O) groups is 2. The maximum Gasteiger partial charge on any atom is 0.277 e. The van der Waals surface area contributed by atoms with Gasteiger partial charge in [0.25, 0.3) is 5.91 Å². The Balaban J connectivity index is 1.60. The Morgan fingerprint density at radius 3 is 2.96 bits per heavy atom. The Bertz CT molecular complexity index is 877. The summed E-state index contributed by atoms with van der Waals surface area (Å²) in [5.74, 6) is 0.652. The van der Waals surface area contributed by atoms with Crippen molar-refractivity contribution in [3.63, 3.8) is 0 Å². The van der Waals surface area contributed by atoms with E-state index in [1.165, 1.54) is 0 Å². The summed E-state index contributed by atoms with van der Waals surface area (Å²) in [6, 6.07) is 4.96. The van der Waals surface area contributed by atoms with Crippen molar-refractivity contribution in [2.45, 2.75) is 6.92 Å². The van der Waals surface area contributed by atoms with Gasteiger partial charge in [-0.05, 0) is 37.3 Å². The van der Waals surface area contributed by atoms with Gasteiger partial charge in [-0.1, -0.05) is 11.6 Å². The highest BCUT2D eigenvalue weighted by molar-refractivity contribution is 6.14. The third kappa shape index (κ3) is 2.52. The van der Waals surface area contributed by atoms with Gasteiger partial charge in [-0.2, -0.15) is 0 Å². The van der Waals surface area contributed by atoms with E-state index in [0.29, 0.717) is 22.8 Å². The summed E-state index contributed by atoms with van der Waals surface area (Å²) in [6.07, 6.45) is 7.01. The molecule has 0 fully saturated rings. The topological polar surface area (TPSA) is 77.0 Å². The number of nitrogens with zero attached hydrogens (tertiary/aromatic N) is 1. The van der Waals surface area contributed by atoms with Gasteiger partial charge in [0.05, 0.1) is 5.71 Å². The SMILES string of the molecule is CC1=CC(=O)NC2=CC(=NC(=O)c3ccc4c(c3)OCO4)C=CC12. The van der Waals surface area contributed by atoms with E-state index in [1.807, 2.05) is 13.0 Å². The molecule has 6 nitrogen and oxygen atoms in total. The molecule has 4 rings (SSSR count). The number of benzene rings is 1. The summed E-state index contributed by atoms with van der Waals surface area (Å²) in [5, 5.41) is 2.79. The van der Waals surface area contributed by atoms with Crippen LogP contribution in [0.1, 0.15) is 17.3 Å². The van der Waals surface area contributed by atoms with E-state index in [4.69, 9.17) is 9.47 Å². The zero-order valence-corrected chi connectivity index (χ0v) is 12.9. The quantitative estimate of drug-likeness (QED) is 0.859. The van der Waals surface area contributed by atoms with E-state index in [0.717, 1.165) is 11.3 Å². The lowest BCUT2D eigenvalue weighted by molar-refractivity contribution is -0.116. The van der Waals surface area contributed by atoms with Crippen LogP contribution >= 0.6 is 0 Å². The first kappa shape index (κ1) is 14.4. The van der Waals surface area contributed by atoms with Gasteiger partial charge in [0.2, 0.25) is 12.7 Å². The molecule has 1 aliphatic carbocycles. The van der Waals surface area contributed by atoms with E-state index in [2.05, 4.69) is 10.3 Å². The first-order valence-electron chi connectivity index (χ1n) is 7.52. The highest BCUT2D eigenvalue weighted by Crippen LogP contribution is 2.33. The first-order valence-corrected chi connectivity index (χ1v) is 7.52. The second-order valence-electron chi connectivity index (χ2n) is 5.72. The summed E-state index contributed by atoms with van der Waals surface area (Å²) in [6.45, 7) is 2.06. The molecule has 0 aromatic heterocycles. The van der Waals surface area contributed by atoms with Crippen LogP contribution in [-0.2, 0) is 4.79 Å². The van der Waals surface area contributed by atoms with Crippen molar-refractivity contribution >= 4 is 17.5 Å². The van der Waals surface area contributed by atoms with Crippen LogP contribution in [0, 0.1) is 5.92 Å². The van der Waals surface area contributed by atoms with Crippen molar-refractivity contribution in [3.8, 4) is 11.5 Å². The molecule has 1 unspecified atom stereocenters. The molecule has 0 saturated heterocycles. The van der Waals surface area contributed by atoms with E-state index in [-0.39, 0.29) is 24.5 Å². The maximum atomic E-state index is 12.4. The van der Waals surface area contributed by atoms with E-state index in [9.17, 15) is 9.59 Å². The third-order valence-corrected chi connectivity index (χ3v) is 4.06. The van der Waals surface area contributed by atoms with E-state index >= 15 is 0 Å². The van der Waals surface area contributed by atoms with Crippen LogP contribution < -0.4 is 14.8 Å². The van der Waals surface area contributed by atoms with Gasteiger partial charge in [-0.15, -0.1) is 0 Å². The number of allylic oxidation sites excluding steroid dienone is 3. The summed E-state index contributed by atoms with van der Waals surface area (Å²) in [5.41, 5.74) is 2.62. The lowest BCUT2D eigenvalue weighted by Gasteiger charge is -2.25. The number of hydrogen-bond donors (Lipinski definition) is 1. The van der Waals surface area contributed by atoms with E-state index in [1.54, 1.807) is 36.4 Å². The molecule has 0 saturated carbocycles. The van der Waals surface area contributed by atoms with Gasteiger partial charge in [0.15, 0.2) is 11.5 Å². The molecule has 2 heterocycles. The molecule has 2 aliphatic heterocycles. The molecule has 0 radical (unpaired) electrons. The van der Waals surface area contributed by atoms with Crippen LogP contribution in [0.4, 0.5) is 0 Å². The predicted octanol–water partition coefficient (Wildman–Crippen LogP) is 2.14. The highest BCUT2D eigenvalue weighted by Gasteiger charge is 2.24. The van der Waals surface area contributed by atoms with Gasteiger partial charge in [-0.25, -0.2) is 4.99 Å². The molecule has 1 aromatic carbocycles. The Kier molecular flexibility index (Phi) is 3.30. The van der Waals surface area contributed by atoms with Crippen molar-refractivity contribution < 1.29 is 19.1 Å². The average molecular weight is 322 g/mol. The van der Waals surface area contributed by atoms with Gasteiger partial charge in [0, 0.05) is 23.3 Å². The molecule has 0 spiro atoms. The molecule has 3 aliphatic rings. The second-order valence-corrected chi connectivity index (χ2v) is 5.72. The van der Waals surface area contributed by atoms with Gasteiger partial charge in [0.1, 0.15) is 0 Å². The summed E-state index contributed by atoms with van der Waals surface area (Å²) in [7, 11) is 0. The zero-order valence-electron chi connectivity index (χ0n) is 12.9. The van der Waals surface area contributed by atoms with Gasteiger partial charge >= 0.3 is 0 Å². The predicted molar refractivity (Wildman–Crippen MR) is 86.9 cm³/mol. The fourth-order valence-electron chi connectivity index (χ4n) is 2.86. The Labute approximate surface area is 138 Å². The van der Waals surface area contributed by atoms with Gasteiger partial charge in [-0.3, -0.25) is 9.59 Å². The monoisotopic (exact) mass is 322 g/mol. The minimum atomic E-state index is -0.377. The Hall–Kier alpha value is -3.15. The molecular formula is C18H14N2O4. The molecule has 120 valence electrons. The van der Waals surface area contributed by atoms with Crippen LogP contribution in [0.15, 0.2) is 58.8 Å². The van der Waals surface area contributed by atoms with Crippen molar-refractivity contribution in [3.05, 3.63) is 59.3 Å². The fraction of sp³-hybridized carbons (Fsp3) is 0.167. The average Bonchev–Trinajstić information content (AvgIpc) is 3.01. The molecule has 2 amide bonds. The van der Waals surface area contributed by atoms with Crippen molar-refractivity contribution in [1.29, 1.82) is 0 Å². The number of ether oxygens (including phenoxy) is 2. The summed E-state index contributed by atoms with van der Waals surface area (Å²) < 4.78 is 10.5. The zero-order chi connectivity index (χ0) is 16.7. The molecule has 1 aromatic rings. The molecule has 24 heavy (non-hydrogen) atoms. The Morgan fingerprint density at radius 1 is 1.25 bits per heavy atom.